The molecule has 0 amide bonds. The molecule has 1 aromatic carbocycles. The lowest BCUT2D eigenvalue weighted by Gasteiger charge is -2.36. The van der Waals surface area contributed by atoms with Crippen molar-refractivity contribution < 1.29 is 9.90 Å². The van der Waals surface area contributed by atoms with Gasteiger partial charge in [0.05, 0.1) is 5.92 Å². The Morgan fingerprint density at radius 2 is 2.16 bits per heavy atom. The summed E-state index contributed by atoms with van der Waals surface area (Å²) in [6.07, 6.45) is 1.79. The van der Waals surface area contributed by atoms with Crippen molar-refractivity contribution in [2.75, 3.05) is 13.1 Å². The molecule has 1 saturated heterocycles. The highest BCUT2D eigenvalue weighted by Gasteiger charge is 2.28. The summed E-state index contributed by atoms with van der Waals surface area (Å²) in [5, 5.41) is 9.17. The zero-order valence-electron chi connectivity index (χ0n) is 12.0. The Hall–Kier alpha value is -1.35. The maximum Gasteiger partial charge on any atom is 0.307 e. The lowest BCUT2D eigenvalue weighted by molar-refractivity contribution is -0.143. The van der Waals surface area contributed by atoms with E-state index in [0.29, 0.717) is 12.6 Å². The van der Waals surface area contributed by atoms with Crippen LogP contribution in [0.3, 0.4) is 0 Å². The number of piperidine rings is 1. The SMILES string of the molecule is Cc1ccc(C(C)N2CCCC(C(=O)O)C2)c(C)c1. The van der Waals surface area contributed by atoms with E-state index in [0.717, 1.165) is 19.4 Å². The smallest absolute Gasteiger partial charge is 0.307 e. The van der Waals surface area contributed by atoms with E-state index in [9.17, 15) is 9.90 Å². The van der Waals surface area contributed by atoms with Gasteiger partial charge in [-0.3, -0.25) is 9.69 Å². The third kappa shape index (κ3) is 3.16. The second kappa shape index (κ2) is 5.74. The summed E-state index contributed by atoms with van der Waals surface area (Å²) in [4.78, 5) is 13.4. The first-order chi connectivity index (χ1) is 8.99. The Morgan fingerprint density at radius 3 is 2.79 bits per heavy atom. The lowest BCUT2D eigenvalue weighted by Crippen LogP contribution is -2.40. The van der Waals surface area contributed by atoms with Crippen LogP contribution in [0.2, 0.25) is 0 Å². The van der Waals surface area contributed by atoms with Crippen LogP contribution in [-0.2, 0) is 4.79 Å². The summed E-state index contributed by atoms with van der Waals surface area (Å²) in [5.74, 6) is -0.862. The Kier molecular flexibility index (Phi) is 4.25. The predicted molar refractivity (Wildman–Crippen MR) is 76.3 cm³/mol. The highest BCUT2D eigenvalue weighted by atomic mass is 16.4. The molecule has 2 unspecified atom stereocenters. The van der Waals surface area contributed by atoms with Crippen LogP contribution >= 0.6 is 0 Å². The number of hydrogen-bond acceptors (Lipinski definition) is 2. The average Bonchev–Trinajstić information content (AvgIpc) is 2.38. The molecule has 1 fully saturated rings. The number of carboxylic acids is 1. The third-order valence-corrected chi connectivity index (χ3v) is 4.23. The molecule has 0 saturated carbocycles. The fraction of sp³-hybridized carbons (Fsp3) is 0.562. The molecular weight excluding hydrogens is 238 g/mol. The second-order valence-electron chi connectivity index (χ2n) is 5.71. The van der Waals surface area contributed by atoms with Crippen molar-refractivity contribution in [3.63, 3.8) is 0 Å². The molecule has 3 heteroatoms. The zero-order valence-corrected chi connectivity index (χ0v) is 12.0. The maximum absolute atomic E-state index is 11.1. The lowest BCUT2D eigenvalue weighted by atomic mass is 9.93. The topological polar surface area (TPSA) is 40.5 Å². The molecule has 3 nitrogen and oxygen atoms in total. The molecule has 2 atom stereocenters. The summed E-state index contributed by atoms with van der Waals surface area (Å²) in [7, 11) is 0. The van der Waals surface area contributed by atoms with Crippen LogP contribution in [0.5, 0.6) is 0 Å². The van der Waals surface area contributed by atoms with Crippen molar-refractivity contribution in [1.29, 1.82) is 0 Å². The van der Waals surface area contributed by atoms with Crippen molar-refractivity contribution in [3.05, 3.63) is 34.9 Å². The zero-order chi connectivity index (χ0) is 14.0. The van der Waals surface area contributed by atoms with E-state index in [1.54, 1.807) is 0 Å². The first kappa shape index (κ1) is 14.1. The molecule has 1 aliphatic heterocycles. The number of likely N-dealkylation sites (tertiary alicyclic amines) is 1. The normalized spacial score (nSPS) is 22.2. The van der Waals surface area contributed by atoms with Gasteiger partial charge in [0, 0.05) is 12.6 Å². The van der Waals surface area contributed by atoms with Crippen molar-refractivity contribution in [2.24, 2.45) is 5.92 Å². The van der Waals surface area contributed by atoms with Crippen LogP contribution in [-0.4, -0.2) is 29.1 Å². The Bertz CT molecular complexity index is 470. The van der Waals surface area contributed by atoms with Crippen LogP contribution in [0.4, 0.5) is 0 Å². The number of rotatable bonds is 3. The second-order valence-corrected chi connectivity index (χ2v) is 5.71. The van der Waals surface area contributed by atoms with Gasteiger partial charge in [0.15, 0.2) is 0 Å². The van der Waals surface area contributed by atoms with E-state index in [2.05, 4.69) is 43.9 Å². The van der Waals surface area contributed by atoms with Gasteiger partial charge in [-0.05, 0) is 51.3 Å². The van der Waals surface area contributed by atoms with Gasteiger partial charge in [0.25, 0.3) is 0 Å². The Balaban J connectivity index is 2.14. The molecule has 1 heterocycles. The van der Waals surface area contributed by atoms with Crippen LogP contribution in [0.25, 0.3) is 0 Å². The minimum Gasteiger partial charge on any atom is -0.481 e. The number of carbonyl (C=O) groups is 1. The fourth-order valence-electron chi connectivity index (χ4n) is 3.05. The van der Waals surface area contributed by atoms with Crippen LogP contribution < -0.4 is 0 Å². The Labute approximate surface area is 115 Å². The maximum atomic E-state index is 11.1. The molecule has 0 bridgehead atoms. The average molecular weight is 261 g/mol. The van der Waals surface area contributed by atoms with E-state index in [4.69, 9.17) is 0 Å². The first-order valence-electron chi connectivity index (χ1n) is 7.03. The number of aryl methyl sites for hydroxylation is 2. The summed E-state index contributed by atoms with van der Waals surface area (Å²) < 4.78 is 0. The van der Waals surface area contributed by atoms with Gasteiger partial charge in [0.2, 0.25) is 0 Å². The number of nitrogens with zero attached hydrogens (tertiary/aromatic N) is 1. The van der Waals surface area contributed by atoms with Gasteiger partial charge in [-0.2, -0.15) is 0 Å². The van der Waals surface area contributed by atoms with Crippen molar-refractivity contribution >= 4 is 5.97 Å². The van der Waals surface area contributed by atoms with E-state index in [1.807, 2.05) is 0 Å². The monoisotopic (exact) mass is 261 g/mol. The number of benzene rings is 1. The van der Waals surface area contributed by atoms with Crippen molar-refractivity contribution in [2.45, 2.75) is 39.7 Å². The molecule has 104 valence electrons. The van der Waals surface area contributed by atoms with Crippen molar-refractivity contribution in [3.8, 4) is 0 Å². The molecule has 19 heavy (non-hydrogen) atoms. The summed E-state index contributed by atoms with van der Waals surface area (Å²) in [6.45, 7) is 8.09. The molecule has 1 N–H and O–H groups in total. The summed E-state index contributed by atoms with van der Waals surface area (Å²) >= 11 is 0. The summed E-state index contributed by atoms with van der Waals surface area (Å²) in [5.41, 5.74) is 3.89. The summed E-state index contributed by atoms with van der Waals surface area (Å²) in [6, 6.07) is 6.81. The number of hydrogen-bond donors (Lipinski definition) is 1. The molecule has 0 aliphatic carbocycles. The minimum absolute atomic E-state index is 0.207. The molecule has 0 spiro atoms. The predicted octanol–water partition coefficient (Wildman–Crippen LogP) is 3.16. The van der Waals surface area contributed by atoms with Gasteiger partial charge in [-0.15, -0.1) is 0 Å². The van der Waals surface area contributed by atoms with Gasteiger partial charge < -0.3 is 5.11 Å². The van der Waals surface area contributed by atoms with E-state index in [1.165, 1.54) is 16.7 Å². The van der Waals surface area contributed by atoms with E-state index < -0.39 is 5.97 Å². The highest BCUT2D eigenvalue weighted by Crippen LogP contribution is 2.28. The highest BCUT2D eigenvalue weighted by molar-refractivity contribution is 5.70. The van der Waals surface area contributed by atoms with E-state index >= 15 is 0 Å². The Morgan fingerprint density at radius 1 is 1.42 bits per heavy atom. The third-order valence-electron chi connectivity index (χ3n) is 4.23. The van der Waals surface area contributed by atoms with Gasteiger partial charge in [-0.25, -0.2) is 0 Å². The largest absolute Gasteiger partial charge is 0.481 e. The minimum atomic E-state index is -0.655. The van der Waals surface area contributed by atoms with Crippen molar-refractivity contribution in [1.82, 2.24) is 4.90 Å². The van der Waals surface area contributed by atoms with Gasteiger partial charge in [-0.1, -0.05) is 23.8 Å². The van der Waals surface area contributed by atoms with E-state index in [-0.39, 0.29) is 5.92 Å². The molecule has 0 radical (unpaired) electrons. The molecule has 1 aromatic rings. The number of carboxylic acid groups (broad SMARTS) is 1. The van der Waals surface area contributed by atoms with Crippen LogP contribution in [0.15, 0.2) is 18.2 Å². The fourth-order valence-corrected chi connectivity index (χ4v) is 3.05. The molecule has 2 rings (SSSR count). The van der Waals surface area contributed by atoms with Gasteiger partial charge >= 0.3 is 5.97 Å². The van der Waals surface area contributed by atoms with Crippen LogP contribution in [0, 0.1) is 19.8 Å². The molecule has 1 aliphatic rings. The first-order valence-corrected chi connectivity index (χ1v) is 7.03. The quantitative estimate of drug-likeness (QED) is 0.908. The van der Waals surface area contributed by atoms with Gasteiger partial charge in [0.1, 0.15) is 0 Å². The molecular formula is C16H23NO2. The number of aliphatic carboxylic acids is 1. The standard InChI is InChI=1S/C16H23NO2/c1-11-6-7-15(12(2)9-11)13(3)17-8-4-5-14(10-17)16(18)19/h6-7,9,13-14H,4-5,8,10H2,1-3H3,(H,18,19). The molecule has 0 aromatic heterocycles. The van der Waals surface area contributed by atoms with Crippen LogP contribution in [0.1, 0.15) is 42.5 Å².